The van der Waals surface area contributed by atoms with E-state index in [9.17, 15) is 9.59 Å². The lowest BCUT2D eigenvalue weighted by Gasteiger charge is -2.35. The van der Waals surface area contributed by atoms with Crippen LogP contribution in [0.15, 0.2) is 0 Å². The maximum atomic E-state index is 12.1. The van der Waals surface area contributed by atoms with Gasteiger partial charge in [0.1, 0.15) is 0 Å². The number of rotatable bonds is 5. The molecule has 1 aliphatic rings. The van der Waals surface area contributed by atoms with Gasteiger partial charge in [0.05, 0.1) is 12.6 Å². The number of nitrogens with two attached hydrogens (primary N) is 1. The van der Waals surface area contributed by atoms with Crippen molar-refractivity contribution in [2.75, 3.05) is 39.8 Å². The number of carbonyl (C=O) groups is 2. The van der Waals surface area contributed by atoms with Gasteiger partial charge in [0.25, 0.3) is 0 Å². The number of hydrogen-bond acceptors (Lipinski definition) is 4. The van der Waals surface area contributed by atoms with Crippen LogP contribution in [0.3, 0.4) is 0 Å². The van der Waals surface area contributed by atoms with Gasteiger partial charge in [-0.25, -0.2) is 0 Å². The summed E-state index contributed by atoms with van der Waals surface area (Å²) in [6, 6.07) is -0.398. The van der Waals surface area contributed by atoms with Crippen LogP contribution in [0.5, 0.6) is 0 Å². The molecule has 6 heteroatoms. The zero-order chi connectivity index (χ0) is 14.4. The molecule has 0 unspecified atom stereocenters. The highest BCUT2D eigenvalue weighted by Crippen LogP contribution is 2.08. The maximum Gasteiger partial charge on any atom is 0.239 e. The molecular formula is C13H26N4O2. The summed E-state index contributed by atoms with van der Waals surface area (Å²) < 4.78 is 0. The minimum Gasteiger partial charge on any atom is -0.358 e. The Morgan fingerprint density at radius 2 is 1.79 bits per heavy atom. The van der Waals surface area contributed by atoms with Crippen molar-refractivity contribution in [2.45, 2.75) is 26.3 Å². The number of likely N-dealkylation sites (N-methyl/N-ethyl adjacent to an activating group) is 1. The number of amides is 2. The summed E-state index contributed by atoms with van der Waals surface area (Å²) in [4.78, 5) is 27.3. The molecule has 1 atom stereocenters. The van der Waals surface area contributed by atoms with Crippen molar-refractivity contribution in [2.24, 2.45) is 11.7 Å². The van der Waals surface area contributed by atoms with Gasteiger partial charge in [-0.05, 0) is 12.3 Å². The topological polar surface area (TPSA) is 78.7 Å². The molecule has 19 heavy (non-hydrogen) atoms. The van der Waals surface area contributed by atoms with E-state index in [1.807, 2.05) is 4.90 Å². The van der Waals surface area contributed by atoms with Crippen LogP contribution in [0.25, 0.3) is 0 Å². The van der Waals surface area contributed by atoms with Crippen LogP contribution >= 0.6 is 0 Å². The van der Waals surface area contributed by atoms with Crippen LogP contribution in [0.1, 0.15) is 20.3 Å². The molecule has 0 radical (unpaired) electrons. The third-order valence-electron chi connectivity index (χ3n) is 3.37. The van der Waals surface area contributed by atoms with Gasteiger partial charge in [0.15, 0.2) is 0 Å². The fraction of sp³-hybridized carbons (Fsp3) is 0.846. The molecule has 0 spiro atoms. The molecular weight excluding hydrogens is 244 g/mol. The van der Waals surface area contributed by atoms with Crippen LogP contribution in [0.2, 0.25) is 0 Å². The van der Waals surface area contributed by atoms with Crippen molar-refractivity contribution in [1.82, 2.24) is 15.1 Å². The molecule has 1 heterocycles. The van der Waals surface area contributed by atoms with E-state index in [-0.39, 0.29) is 11.8 Å². The average Bonchev–Trinajstić information content (AvgIpc) is 2.37. The van der Waals surface area contributed by atoms with Crippen LogP contribution < -0.4 is 11.1 Å². The minimum absolute atomic E-state index is 0.0104. The van der Waals surface area contributed by atoms with E-state index in [2.05, 4.69) is 24.1 Å². The van der Waals surface area contributed by atoms with E-state index >= 15 is 0 Å². The summed E-state index contributed by atoms with van der Waals surface area (Å²) >= 11 is 0. The average molecular weight is 270 g/mol. The number of carbonyl (C=O) groups excluding carboxylic acids is 2. The molecule has 0 aromatic rings. The maximum absolute atomic E-state index is 12.1. The molecule has 3 N–H and O–H groups in total. The van der Waals surface area contributed by atoms with E-state index in [1.54, 1.807) is 7.05 Å². The molecule has 1 aliphatic heterocycles. The van der Waals surface area contributed by atoms with Gasteiger partial charge in [-0.3, -0.25) is 14.5 Å². The third kappa shape index (κ3) is 5.16. The lowest BCUT2D eigenvalue weighted by Crippen LogP contribution is -2.54. The van der Waals surface area contributed by atoms with Crippen LogP contribution in [-0.2, 0) is 9.59 Å². The fourth-order valence-corrected chi connectivity index (χ4v) is 2.25. The Bertz CT molecular complexity index is 312. The first-order valence-corrected chi connectivity index (χ1v) is 6.91. The predicted molar refractivity (Wildman–Crippen MR) is 74.5 cm³/mol. The summed E-state index contributed by atoms with van der Waals surface area (Å²) in [6.45, 7) is 7.30. The minimum atomic E-state index is -0.398. The van der Waals surface area contributed by atoms with Crippen molar-refractivity contribution in [3.8, 4) is 0 Å². The van der Waals surface area contributed by atoms with Gasteiger partial charge >= 0.3 is 0 Å². The monoisotopic (exact) mass is 270 g/mol. The summed E-state index contributed by atoms with van der Waals surface area (Å²) in [5.41, 5.74) is 5.92. The highest BCUT2D eigenvalue weighted by atomic mass is 16.2. The van der Waals surface area contributed by atoms with Crippen LogP contribution in [0.4, 0.5) is 0 Å². The lowest BCUT2D eigenvalue weighted by atomic mass is 10.0. The summed E-state index contributed by atoms with van der Waals surface area (Å²) in [5.74, 6) is 0.470. The van der Waals surface area contributed by atoms with Crippen molar-refractivity contribution in [3.05, 3.63) is 0 Å². The number of nitrogens with zero attached hydrogens (tertiary/aromatic N) is 2. The second kappa shape index (κ2) is 7.45. The standard InChI is InChI=1S/C13H26N4O2/c1-10(2)8-11(14)13(19)17-6-4-16(5-7-17)9-12(18)15-3/h10-11H,4-9,14H2,1-3H3,(H,15,18)/t11-/m1/s1. The van der Waals surface area contributed by atoms with Gasteiger partial charge in [0.2, 0.25) is 11.8 Å². The van der Waals surface area contributed by atoms with Crippen LogP contribution in [0, 0.1) is 5.92 Å². The number of hydrogen-bond donors (Lipinski definition) is 2. The third-order valence-corrected chi connectivity index (χ3v) is 3.37. The van der Waals surface area contributed by atoms with E-state index < -0.39 is 6.04 Å². The van der Waals surface area contributed by atoms with Gasteiger partial charge in [0, 0.05) is 33.2 Å². The zero-order valence-electron chi connectivity index (χ0n) is 12.2. The van der Waals surface area contributed by atoms with Crippen LogP contribution in [-0.4, -0.2) is 67.4 Å². The SMILES string of the molecule is CNC(=O)CN1CCN(C(=O)[C@H](N)CC(C)C)CC1. The van der Waals surface area contributed by atoms with E-state index in [0.29, 0.717) is 25.6 Å². The number of piperazine rings is 1. The van der Waals surface area contributed by atoms with Gasteiger partial charge in [-0.1, -0.05) is 13.8 Å². The second-order valence-corrected chi connectivity index (χ2v) is 5.51. The Morgan fingerprint density at radius 3 is 2.26 bits per heavy atom. The van der Waals surface area contributed by atoms with Gasteiger partial charge < -0.3 is 16.0 Å². The first kappa shape index (κ1) is 15.9. The highest BCUT2D eigenvalue weighted by molar-refractivity contribution is 5.82. The smallest absolute Gasteiger partial charge is 0.239 e. The molecule has 0 bridgehead atoms. The molecule has 110 valence electrons. The predicted octanol–water partition coefficient (Wildman–Crippen LogP) is -0.750. The van der Waals surface area contributed by atoms with Crippen molar-refractivity contribution in [1.29, 1.82) is 0 Å². The van der Waals surface area contributed by atoms with E-state index in [0.717, 1.165) is 19.5 Å². The Hall–Kier alpha value is -1.14. The van der Waals surface area contributed by atoms with E-state index in [4.69, 9.17) is 5.73 Å². The van der Waals surface area contributed by atoms with Crippen molar-refractivity contribution < 1.29 is 9.59 Å². The molecule has 6 nitrogen and oxygen atoms in total. The molecule has 0 aliphatic carbocycles. The summed E-state index contributed by atoms with van der Waals surface area (Å²) in [7, 11) is 1.63. The Labute approximate surface area is 115 Å². The van der Waals surface area contributed by atoms with E-state index in [1.165, 1.54) is 0 Å². The van der Waals surface area contributed by atoms with Crippen molar-refractivity contribution in [3.63, 3.8) is 0 Å². The Morgan fingerprint density at radius 1 is 1.21 bits per heavy atom. The number of nitrogens with one attached hydrogen (secondary N) is 1. The molecule has 0 saturated carbocycles. The Balaban J connectivity index is 2.36. The Kier molecular flexibility index (Phi) is 6.24. The molecule has 1 rings (SSSR count). The van der Waals surface area contributed by atoms with Gasteiger partial charge in [-0.2, -0.15) is 0 Å². The second-order valence-electron chi connectivity index (χ2n) is 5.51. The molecule has 0 aromatic heterocycles. The first-order chi connectivity index (χ1) is 8.93. The summed E-state index contributed by atoms with van der Waals surface area (Å²) in [6.07, 6.45) is 0.720. The molecule has 1 saturated heterocycles. The van der Waals surface area contributed by atoms with Crippen molar-refractivity contribution >= 4 is 11.8 Å². The largest absolute Gasteiger partial charge is 0.358 e. The molecule has 1 fully saturated rings. The first-order valence-electron chi connectivity index (χ1n) is 6.91. The highest BCUT2D eigenvalue weighted by Gasteiger charge is 2.26. The lowest BCUT2D eigenvalue weighted by molar-refractivity contribution is -0.135. The molecule has 2 amide bonds. The van der Waals surface area contributed by atoms with Gasteiger partial charge in [-0.15, -0.1) is 0 Å². The zero-order valence-corrected chi connectivity index (χ0v) is 12.2. The molecule has 0 aromatic carbocycles. The summed E-state index contributed by atoms with van der Waals surface area (Å²) in [5, 5.41) is 2.60. The quantitative estimate of drug-likeness (QED) is 0.689. The normalized spacial score (nSPS) is 18.5. The fourth-order valence-electron chi connectivity index (χ4n) is 2.25.